The summed E-state index contributed by atoms with van der Waals surface area (Å²) in [7, 11) is 0. The number of thiazole rings is 1. The number of carbonyl (C=O) groups excluding carboxylic acids is 1. The number of halogens is 2. The third-order valence-electron chi connectivity index (χ3n) is 3.55. The molecule has 1 aliphatic rings. The number of nitrogens with zero attached hydrogens (tertiary/aromatic N) is 3. The van der Waals surface area contributed by atoms with Crippen molar-refractivity contribution in [1.29, 1.82) is 0 Å². The molecule has 0 saturated carbocycles. The van der Waals surface area contributed by atoms with Gasteiger partial charge in [-0.1, -0.05) is 6.07 Å². The molecule has 6 nitrogen and oxygen atoms in total. The van der Waals surface area contributed by atoms with Crippen LogP contribution >= 0.6 is 11.3 Å². The predicted molar refractivity (Wildman–Crippen MR) is 90.9 cm³/mol. The summed E-state index contributed by atoms with van der Waals surface area (Å²) in [6.07, 6.45) is 0.987. The smallest absolute Gasteiger partial charge is 0.246 e. The molecule has 0 bridgehead atoms. The number of hydrogen-bond acceptors (Lipinski definition) is 6. The van der Waals surface area contributed by atoms with Crippen LogP contribution in [0.3, 0.4) is 0 Å². The molecule has 1 aromatic heterocycles. The highest BCUT2D eigenvalue weighted by atomic mass is 32.1. The normalized spacial score (nSPS) is 14.9. The molecule has 1 saturated heterocycles. The highest BCUT2D eigenvalue weighted by molar-refractivity contribution is 7.13. The summed E-state index contributed by atoms with van der Waals surface area (Å²) >= 11 is 1.46. The topological polar surface area (TPSA) is 66.8 Å². The van der Waals surface area contributed by atoms with Gasteiger partial charge in [-0.05, 0) is 12.1 Å². The number of morpholine rings is 1. The van der Waals surface area contributed by atoms with Gasteiger partial charge in [0, 0.05) is 18.5 Å². The molecule has 1 aliphatic heterocycles. The van der Waals surface area contributed by atoms with Crippen LogP contribution in [0.4, 0.5) is 13.9 Å². The Balaban J connectivity index is 1.54. The number of anilines is 1. The summed E-state index contributed by atoms with van der Waals surface area (Å²) in [5.74, 6) is -1.90. The van der Waals surface area contributed by atoms with Gasteiger partial charge in [-0.2, -0.15) is 5.10 Å². The van der Waals surface area contributed by atoms with Gasteiger partial charge >= 0.3 is 0 Å². The molecule has 1 N–H and O–H groups in total. The summed E-state index contributed by atoms with van der Waals surface area (Å²) in [6.45, 7) is 2.88. The van der Waals surface area contributed by atoms with Gasteiger partial charge in [-0.15, -0.1) is 11.3 Å². The summed E-state index contributed by atoms with van der Waals surface area (Å²) < 4.78 is 32.2. The Labute approximate surface area is 147 Å². The lowest BCUT2D eigenvalue weighted by atomic mass is 10.2. The SMILES string of the molecule is O=C(Cc1csc(N2CCOCC2)n1)N/N=C\c1c(F)cccc1F. The molecule has 0 radical (unpaired) electrons. The number of benzene rings is 1. The maximum Gasteiger partial charge on any atom is 0.246 e. The fraction of sp³-hybridized carbons (Fsp3) is 0.312. The molecule has 25 heavy (non-hydrogen) atoms. The summed E-state index contributed by atoms with van der Waals surface area (Å²) in [4.78, 5) is 18.4. The van der Waals surface area contributed by atoms with E-state index in [1.165, 1.54) is 17.4 Å². The molecule has 132 valence electrons. The van der Waals surface area contributed by atoms with Crippen molar-refractivity contribution in [3.05, 3.63) is 46.5 Å². The number of amides is 1. The van der Waals surface area contributed by atoms with Crippen LogP contribution < -0.4 is 10.3 Å². The zero-order valence-electron chi connectivity index (χ0n) is 13.2. The molecule has 1 amide bonds. The lowest BCUT2D eigenvalue weighted by Gasteiger charge is -2.26. The Bertz CT molecular complexity index is 755. The monoisotopic (exact) mass is 366 g/mol. The second-order valence-electron chi connectivity index (χ2n) is 5.33. The molecule has 2 heterocycles. The second kappa shape index (κ2) is 8.13. The lowest BCUT2D eigenvalue weighted by molar-refractivity contribution is -0.120. The van der Waals surface area contributed by atoms with E-state index in [1.54, 1.807) is 0 Å². The van der Waals surface area contributed by atoms with E-state index in [0.717, 1.165) is 36.6 Å². The van der Waals surface area contributed by atoms with Crippen LogP contribution in [0, 0.1) is 11.6 Å². The quantitative estimate of drug-likeness (QED) is 0.649. The Morgan fingerprint density at radius 3 is 2.80 bits per heavy atom. The van der Waals surface area contributed by atoms with E-state index < -0.39 is 17.5 Å². The molecular weight excluding hydrogens is 350 g/mol. The van der Waals surface area contributed by atoms with Crippen LogP contribution in [-0.4, -0.2) is 43.4 Å². The van der Waals surface area contributed by atoms with E-state index >= 15 is 0 Å². The van der Waals surface area contributed by atoms with Gasteiger partial charge in [0.05, 0.1) is 37.1 Å². The second-order valence-corrected chi connectivity index (χ2v) is 6.16. The molecule has 1 fully saturated rings. The average molecular weight is 366 g/mol. The summed E-state index contributed by atoms with van der Waals surface area (Å²) in [5.41, 5.74) is 2.57. The van der Waals surface area contributed by atoms with Gasteiger partial charge < -0.3 is 9.64 Å². The highest BCUT2D eigenvalue weighted by Crippen LogP contribution is 2.21. The first-order chi connectivity index (χ1) is 12.1. The van der Waals surface area contributed by atoms with Gasteiger partial charge in [0.2, 0.25) is 5.91 Å². The maximum absolute atomic E-state index is 13.4. The van der Waals surface area contributed by atoms with Crippen molar-refractivity contribution in [2.75, 3.05) is 31.2 Å². The number of hydrogen-bond donors (Lipinski definition) is 1. The predicted octanol–water partition coefficient (Wildman–Crippen LogP) is 1.95. The van der Waals surface area contributed by atoms with Crippen LogP contribution in [0.5, 0.6) is 0 Å². The highest BCUT2D eigenvalue weighted by Gasteiger charge is 2.15. The number of ether oxygens (including phenoxy) is 1. The van der Waals surface area contributed by atoms with Gasteiger partial charge in [0.1, 0.15) is 11.6 Å². The summed E-state index contributed by atoms with van der Waals surface area (Å²) in [5, 5.41) is 6.26. The zero-order chi connectivity index (χ0) is 17.6. The van der Waals surface area contributed by atoms with Gasteiger partial charge in [-0.25, -0.2) is 19.2 Å². The first-order valence-electron chi connectivity index (χ1n) is 7.66. The van der Waals surface area contributed by atoms with Gasteiger partial charge in [0.25, 0.3) is 0 Å². The minimum absolute atomic E-state index is 0.0396. The van der Waals surface area contributed by atoms with Crippen molar-refractivity contribution in [3.63, 3.8) is 0 Å². The van der Waals surface area contributed by atoms with Crippen molar-refractivity contribution in [2.45, 2.75) is 6.42 Å². The standard InChI is InChI=1S/C16H16F2N4O2S/c17-13-2-1-3-14(18)12(13)9-19-21-15(23)8-11-10-25-16(20-11)22-4-6-24-7-5-22/h1-3,9-10H,4-8H2,(H,21,23)/b19-9-. The zero-order valence-corrected chi connectivity index (χ0v) is 14.1. The number of hydrazone groups is 1. The summed E-state index contributed by atoms with van der Waals surface area (Å²) in [6, 6.07) is 3.50. The van der Waals surface area contributed by atoms with E-state index in [0.29, 0.717) is 18.9 Å². The molecule has 0 aliphatic carbocycles. The average Bonchev–Trinajstić information content (AvgIpc) is 3.07. The molecule has 3 rings (SSSR count). The van der Waals surface area contributed by atoms with Crippen molar-refractivity contribution in [1.82, 2.24) is 10.4 Å². The van der Waals surface area contributed by atoms with E-state index in [-0.39, 0.29) is 12.0 Å². The third kappa shape index (κ3) is 4.58. The molecule has 9 heteroatoms. The van der Waals surface area contributed by atoms with Crippen molar-refractivity contribution >= 4 is 28.6 Å². The Kier molecular flexibility index (Phi) is 5.67. The lowest BCUT2D eigenvalue weighted by Crippen LogP contribution is -2.36. The molecule has 0 spiro atoms. The third-order valence-corrected chi connectivity index (χ3v) is 4.50. The van der Waals surface area contributed by atoms with E-state index in [2.05, 4.69) is 20.4 Å². The van der Waals surface area contributed by atoms with Crippen LogP contribution in [0.25, 0.3) is 0 Å². The van der Waals surface area contributed by atoms with Gasteiger partial charge in [0.15, 0.2) is 5.13 Å². The van der Waals surface area contributed by atoms with E-state index in [9.17, 15) is 13.6 Å². The van der Waals surface area contributed by atoms with Crippen molar-refractivity contribution < 1.29 is 18.3 Å². The molecular formula is C16H16F2N4O2S. The van der Waals surface area contributed by atoms with Crippen molar-refractivity contribution in [2.24, 2.45) is 5.10 Å². The van der Waals surface area contributed by atoms with Crippen molar-refractivity contribution in [3.8, 4) is 0 Å². The first-order valence-corrected chi connectivity index (χ1v) is 8.54. The first kappa shape index (κ1) is 17.4. The van der Waals surface area contributed by atoms with Gasteiger partial charge in [-0.3, -0.25) is 4.79 Å². The maximum atomic E-state index is 13.4. The molecule has 0 atom stereocenters. The molecule has 0 unspecified atom stereocenters. The number of carbonyl (C=O) groups is 1. The fourth-order valence-corrected chi connectivity index (χ4v) is 3.16. The van der Waals surface area contributed by atoms with Crippen LogP contribution in [0.1, 0.15) is 11.3 Å². The number of rotatable bonds is 5. The van der Waals surface area contributed by atoms with Crippen LogP contribution in [-0.2, 0) is 16.0 Å². The number of nitrogens with one attached hydrogen (secondary N) is 1. The van der Waals surface area contributed by atoms with E-state index in [1.807, 2.05) is 5.38 Å². The Morgan fingerprint density at radius 1 is 1.36 bits per heavy atom. The molecule has 1 aromatic carbocycles. The molecule has 2 aromatic rings. The largest absolute Gasteiger partial charge is 0.378 e. The number of aromatic nitrogens is 1. The Morgan fingerprint density at radius 2 is 2.08 bits per heavy atom. The minimum atomic E-state index is -0.743. The minimum Gasteiger partial charge on any atom is -0.378 e. The van der Waals surface area contributed by atoms with E-state index in [4.69, 9.17) is 4.74 Å². The fourth-order valence-electron chi connectivity index (χ4n) is 2.28. The van der Waals surface area contributed by atoms with Crippen LogP contribution in [0.15, 0.2) is 28.7 Å². The Hall–Kier alpha value is -2.39. The van der Waals surface area contributed by atoms with Crippen LogP contribution in [0.2, 0.25) is 0 Å².